The van der Waals surface area contributed by atoms with Gasteiger partial charge in [-0.05, 0) is 77.2 Å². The molecule has 2 fully saturated rings. The van der Waals surface area contributed by atoms with Crippen molar-refractivity contribution >= 4 is 33.2 Å². The van der Waals surface area contributed by atoms with Gasteiger partial charge in [-0.15, -0.1) is 0 Å². The molecule has 4 heterocycles. The Morgan fingerprint density at radius 2 is 1.82 bits per heavy atom. The number of thiazole rings is 1. The van der Waals surface area contributed by atoms with E-state index in [4.69, 9.17) is 4.98 Å². The smallest absolute Gasteiger partial charge is 0.207 e. The summed E-state index contributed by atoms with van der Waals surface area (Å²) in [6.45, 7) is 8.74. The third-order valence-electron chi connectivity index (χ3n) is 8.34. The molecule has 6 nitrogen and oxygen atoms in total. The van der Waals surface area contributed by atoms with Gasteiger partial charge in [0.05, 0.1) is 22.9 Å². The number of nitriles is 1. The van der Waals surface area contributed by atoms with Crippen LogP contribution in [0.3, 0.4) is 0 Å². The van der Waals surface area contributed by atoms with Crippen LogP contribution in [-0.2, 0) is 5.41 Å². The van der Waals surface area contributed by atoms with Gasteiger partial charge < -0.3 is 14.8 Å². The number of aromatic amines is 1. The van der Waals surface area contributed by atoms with E-state index in [1.165, 1.54) is 38.8 Å². The molecular formula is C26H29N5OS. The van der Waals surface area contributed by atoms with E-state index < -0.39 is 5.41 Å². The van der Waals surface area contributed by atoms with Crippen molar-refractivity contribution in [2.75, 3.05) is 38.1 Å². The number of rotatable bonds is 1. The lowest BCUT2D eigenvalue weighted by atomic mass is 9.71. The van der Waals surface area contributed by atoms with Gasteiger partial charge in [-0.2, -0.15) is 5.26 Å². The van der Waals surface area contributed by atoms with Crippen LogP contribution >= 0.6 is 11.3 Å². The SMILES string of the molecule is CN1CCC2(CC1)CCN(c1nc3c(s1)C(=O)c1c([nH]c4cc(C#N)ccc14)C3(C)C)CC2. The minimum atomic E-state index is -0.399. The number of carbonyl (C=O) groups is 1. The lowest BCUT2D eigenvalue weighted by molar-refractivity contribution is 0.0944. The summed E-state index contributed by atoms with van der Waals surface area (Å²) in [5, 5.41) is 11.1. The molecule has 2 aliphatic heterocycles. The van der Waals surface area contributed by atoms with Crippen molar-refractivity contribution in [3.8, 4) is 6.07 Å². The van der Waals surface area contributed by atoms with Crippen LogP contribution < -0.4 is 4.90 Å². The fourth-order valence-electron chi connectivity index (χ4n) is 5.99. The first-order valence-electron chi connectivity index (χ1n) is 11.9. The molecule has 0 unspecified atom stereocenters. The first-order valence-corrected chi connectivity index (χ1v) is 12.7. The number of hydrogen-bond donors (Lipinski definition) is 1. The second-order valence-electron chi connectivity index (χ2n) is 10.7. The highest BCUT2D eigenvalue weighted by atomic mass is 32.1. The maximum absolute atomic E-state index is 13.7. The number of fused-ring (bicyclic) bond motifs is 4. The molecule has 0 amide bonds. The molecular weight excluding hydrogens is 430 g/mol. The van der Waals surface area contributed by atoms with E-state index >= 15 is 0 Å². The largest absolute Gasteiger partial charge is 0.357 e. The summed E-state index contributed by atoms with van der Waals surface area (Å²) in [7, 11) is 2.22. The third-order valence-corrected chi connectivity index (χ3v) is 9.45. The molecule has 6 rings (SSSR count). The fourth-order valence-corrected chi connectivity index (χ4v) is 7.21. The van der Waals surface area contributed by atoms with Crippen molar-refractivity contribution in [3.63, 3.8) is 0 Å². The molecule has 170 valence electrons. The Morgan fingerprint density at radius 3 is 2.52 bits per heavy atom. The van der Waals surface area contributed by atoms with E-state index in [-0.39, 0.29) is 5.78 Å². The van der Waals surface area contributed by atoms with Gasteiger partial charge in [0.15, 0.2) is 5.13 Å². The molecule has 0 radical (unpaired) electrons. The molecule has 3 aliphatic rings. The van der Waals surface area contributed by atoms with Gasteiger partial charge in [0.1, 0.15) is 4.88 Å². The van der Waals surface area contributed by atoms with Crippen molar-refractivity contribution in [2.45, 2.75) is 44.9 Å². The van der Waals surface area contributed by atoms with Crippen LogP contribution in [0.15, 0.2) is 18.2 Å². The average Bonchev–Trinajstić information content (AvgIpc) is 3.44. The van der Waals surface area contributed by atoms with Crippen molar-refractivity contribution in [2.24, 2.45) is 5.41 Å². The summed E-state index contributed by atoms with van der Waals surface area (Å²) >= 11 is 1.56. The van der Waals surface area contributed by atoms with E-state index in [1.54, 1.807) is 17.4 Å². The zero-order chi connectivity index (χ0) is 23.0. The van der Waals surface area contributed by atoms with Gasteiger partial charge in [0.2, 0.25) is 5.78 Å². The van der Waals surface area contributed by atoms with Crippen molar-refractivity contribution in [1.82, 2.24) is 14.9 Å². The van der Waals surface area contributed by atoms with Crippen molar-refractivity contribution in [3.05, 3.63) is 45.6 Å². The summed E-state index contributed by atoms with van der Waals surface area (Å²) in [6.07, 6.45) is 5.03. The Bertz CT molecular complexity index is 1310. The number of piperidine rings is 2. The number of hydrogen-bond acceptors (Lipinski definition) is 6. The van der Waals surface area contributed by atoms with Gasteiger partial charge >= 0.3 is 0 Å². The van der Waals surface area contributed by atoms with Crippen molar-refractivity contribution in [1.29, 1.82) is 5.26 Å². The summed E-state index contributed by atoms with van der Waals surface area (Å²) < 4.78 is 0. The Kier molecular flexibility index (Phi) is 4.53. The minimum Gasteiger partial charge on any atom is -0.357 e. The Morgan fingerprint density at radius 1 is 1.12 bits per heavy atom. The highest BCUT2D eigenvalue weighted by Crippen LogP contribution is 2.48. The second-order valence-corrected chi connectivity index (χ2v) is 11.6. The van der Waals surface area contributed by atoms with Crippen LogP contribution in [0, 0.1) is 16.7 Å². The standard InChI is InChI=1S/C26H29N5OS/c1-25(2)22-19(17-5-4-16(15-27)14-18(17)28-22)20(32)21-23(25)29-24(33-21)31-12-8-26(9-13-31)6-10-30(3)11-7-26/h4-5,14,28H,6-13H2,1-3H3. The number of aromatic nitrogens is 2. The Balaban J connectivity index is 1.33. The van der Waals surface area contributed by atoms with Gasteiger partial charge in [0, 0.05) is 35.1 Å². The summed E-state index contributed by atoms with van der Waals surface area (Å²) in [4.78, 5) is 27.8. The second kappa shape index (κ2) is 7.15. The van der Waals surface area contributed by atoms with E-state index in [0.717, 1.165) is 51.0 Å². The van der Waals surface area contributed by atoms with Gasteiger partial charge in [-0.25, -0.2) is 4.98 Å². The van der Waals surface area contributed by atoms with E-state index in [9.17, 15) is 10.1 Å². The zero-order valence-electron chi connectivity index (χ0n) is 19.5. The summed E-state index contributed by atoms with van der Waals surface area (Å²) in [5.74, 6) is 0.0582. The highest BCUT2D eigenvalue weighted by Gasteiger charge is 2.44. The lowest BCUT2D eigenvalue weighted by Gasteiger charge is -2.46. The molecule has 1 aliphatic carbocycles. The van der Waals surface area contributed by atoms with Gasteiger partial charge in [-0.1, -0.05) is 17.4 Å². The Hall–Kier alpha value is -2.69. The summed E-state index contributed by atoms with van der Waals surface area (Å²) in [5.41, 5.74) is 4.06. The van der Waals surface area contributed by atoms with Crippen LogP contribution in [-0.4, -0.2) is 53.9 Å². The minimum absolute atomic E-state index is 0.0582. The molecule has 0 bridgehead atoms. The van der Waals surface area contributed by atoms with Gasteiger partial charge in [-0.3, -0.25) is 4.79 Å². The van der Waals surface area contributed by atoms with E-state index in [0.29, 0.717) is 11.0 Å². The number of carbonyl (C=O) groups excluding carboxylic acids is 1. The van der Waals surface area contributed by atoms with Crippen LogP contribution in [0.2, 0.25) is 0 Å². The number of benzene rings is 1. The topological polar surface area (TPSA) is 76.0 Å². The molecule has 33 heavy (non-hydrogen) atoms. The Labute approximate surface area is 198 Å². The van der Waals surface area contributed by atoms with E-state index in [2.05, 4.69) is 41.7 Å². The number of nitrogens with zero attached hydrogens (tertiary/aromatic N) is 4. The molecule has 2 aromatic heterocycles. The van der Waals surface area contributed by atoms with Gasteiger partial charge in [0.25, 0.3) is 0 Å². The van der Waals surface area contributed by atoms with E-state index in [1.807, 2.05) is 12.1 Å². The first kappa shape index (κ1) is 20.9. The quantitative estimate of drug-likeness (QED) is 0.572. The van der Waals surface area contributed by atoms with Crippen molar-refractivity contribution < 1.29 is 4.79 Å². The predicted molar refractivity (Wildman–Crippen MR) is 131 cm³/mol. The van der Waals surface area contributed by atoms with Crippen LogP contribution in [0.5, 0.6) is 0 Å². The molecule has 1 N–H and O–H groups in total. The first-order chi connectivity index (χ1) is 15.8. The van der Waals surface area contributed by atoms with Crippen LogP contribution in [0.25, 0.3) is 10.9 Å². The lowest BCUT2D eigenvalue weighted by Crippen LogP contribution is -2.46. The molecule has 1 spiro atoms. The molecule has 2 saturated heterocycles. The maximum Gasteiger partial charge on any atom is 0.207 e. The normalized spacial score (nSPS) is 21.8. The molecule has 7 heteroatoms. The number of nitrogens with one attached hydrogen (secondary N) is 1. The predicted octanol–water partition coefficient (Wildman–Crippen LogP) is 4.68. The average molecular weight is 460 g/mol. The number of likely N-dealkylation sites (tertiary alicyclic amines) is 1. The third kappa shape index (κ3) is 3.08. The molecule has 3 aromatic rings. The highest BCUT2D eigenvalue weighted by molar-refractivity contribution is 7.18. The number of ketones is 1. The maximum atomic E-state index is 13.7. The van der Waals surface area contributed by atoms with Crippen LogP contribution in [0.4, 0.5) is 5.13 Å². The molecule has 0 atom stereocenters. The number of H-pyrrole nitrogens is 1. The fraction of sp³-hybridized carbons (Fsp3) is 0.500. The number of anilines is 1. The summed E-state index contributed by atoms with van der Waals surface area (Å²) in [6, 6.07) is 7.71. The zero-order valence-corrected chi connectivity index (χ0v) is 20.3. The van der Waals surface area contributed by atoms with Crippen LogP contribution in [0.1, 0.15) is 71.7 Å². The molecule has 1 aromatic carbocycles. The molecule has 0 saturated carbocycles. The monoisotopic (exact) mass is 459 g/mol.